The second-order valence-electron chi connectivity index (χ2n) is 6.26. The molecule has 5 N–H and O–H groups in total. The molecular weight excluding hydrogens is 514 g/mol. The van der Waals surface area contributed by atoms with Crippen LogP contribution in [0.15, 0.2) is 39.4 Å². The highest BCUT2D eigenvalue weighted by atomic mass is 79.9. The summed E-state index contributed by atoms with van der Waals surface area (Å²) in [4.78, 5) is 9.10. The Labute approximate surface area is 197 Å². The van der Waals surface area contributed by atoms with Crippen LogP contribution in [-0.4, -0.2) is 57.5 Å². The summed E-state index contributed by atoms with van der Waals surface area (Å²) in [5.41, 5.74) is 5.77. The Morgan fingerprint density at radius 2 is 2.27 bits per heavy atom. The van der Waals surface area contributed by atoms with E-state index in [4.69, 9.17) is 32.7 Å². The predicted octanol–water partition coefficient (Wildman–Crippen LogP) is 3.31. The topological polar surface area (TPSA) is 120 Å². The Morgan fingerprint density at radius 1 is 1.50 bits per heavy atom. The van der Waals surface area contributed by atoms with Crippen LogP contribution in [0.1, 0.15) is 18.9 Å². The van der Waals surface area contributed by atoms with Gasteiger partial charge in [-0.2, -0.15) is 0 Å². The largest absolute Gasteiger partial charge is 0.395 e. The molecule has 0 aliphatic carbocycles. The van der Waals surface area contributed by atoms with Gasteiger partial charge in [-0.15, -0.1) is 11.3 Å². The van der Waals surface area contributed by atoms with Crippen LogP contribution in [0, 0.1) is 0 Å². The molecule has 8 nitrogen and oxygen atoms in total. The lowest BCUT2D eigenvalue weighted by Crippen LogP contribution is -2.41. The van der Waals surface area contributed by atoms with Crippen molar-refractivity contribution in [3.8, 4) is 0 Å². The number of hydrogen-bond acceptors (Lipinski definition) is 10. The van der Waals surface area contributed by atoms with Crippen LogP contribution in [0.3, 0.4) is 0 Å². The third-order valence-electron chi connectivity index (χ3n) is 3.60. The Bertz CT molecular complexity index is 829. The first-order valence-corrected chi connectivity index (χ1v) is 12.0. The summed E-state index contributed by atoms with van der Waals surface area (Å²) in [7, 11) is 0. The normalized spacial score (nSPS) is 15.1. The van der Waals surface area contributed by atoms with Gasteiger partial charge >= 0.3 is 0 Å². The van der Waals surface area contributed by atoms with Gasteiger partial charge in [-0.1, -0.05) is 23.4 Å². The lowest BCUT2D eigenvalue weighted by atomic mass is 10.3. The number of nitrogens with two attached hydrogens (primary N) is 2. The zero-order valence-electron chi connectivity index (χ0n) is 16.6. The van der Waals surface area contributed by atoms with Crippen molar-refractivity contribution in [2.45, 2.75) is 36.4 Å². The summed E-state index contributed by atoms with van der Waals surface area (Å²) < 4.78 is 12.3. The summed E-state index contributed by atoms with van der Waals surface area (Å²) in [6, 6.07) is 1.90. The van der Waals surface area contributed by atoms with Crippen LogP contribution in [0.2, 0.25) is 5.15 Å². The Kier molecular flexibility index (Phi) is 10.8. The van der Waals surface area contributed by atoms with Crippen molar-refractivity contribution < 1.29 is 14.6 Å². The average molecular weight is 539 g/mol. The molecule has 0 aliphatic rings. The van der Waals surface area contributed by atoms with E-state index in [-0.39, 0.29) is 12.6 Å². The predicted molar refractivity (Wildman–Crippen MR) is 125 cm³/mol. The van der Waals surface area contributed by atoms with Crippen molar-refractivity contribution in [2.75, 3.05) is 19.8 Å². The number of halogens is 2. The monoisotopic (exact) mass is 537 g/mol. The standard InChI is InChI=1S/C18H25BrClN5O3S2/c1-3-27-9-11(2)28-18(30-13-4-12(19)5-23-6-13)15(26)8-25(22)7-14(21)17-24-16(20)10-29-17/h4-7,10-11,15,18,26H,3,8-9,21-22H2,1-2H3/b14-7-/t11?,15-,18?/m0/s1. The van der Waals surface area contributed by atoms with Crippen LogP contribution in [0.5, 0.6) is 0 Å². The molecule has 0 radical (unpaired) electrons. The number of pyridine rings is 1. The number of aliphatic hydroxyl groups excluding tert-OH is 1. The number of aromatic nitrogens is 2. The maximum Gasteiger partial charge on any atom is 0.142 e. The molecule has 2 rings (SSSR count). The minimum atomic E-state index is -0.924. The van der Waals surface area contributed by atoms with Crippen molar-refractivity contribution in [3.05, 3.63) is 44.7 Å². The Morgan fingerprint density at radius 3 is 2.90 bits per heavy atom. The average Bonchev–Trinajstić information content (AvgIpc) is 3.12. The number of thioether (sulfide) groups is 1. The van der Waals surface area contributed by atoms with E-state index in [2.05, 4.69) is 25.9 Å². The van der Waals surface area contributed by atoms with E-state index in [0.717, 1.165) is 9.37 Å². The summed E-state index contributed by atoms with van der Waals surface area (Å²) in [6.45, 7) is 4.89. The molecule has 2 heterocycles. The molecule has 2 unspecified atom stereocenters. The van der Waals surface area contributed by atoms with Gasteiger partial charge in [-0.3, -0.25) is 4.98 Å². The molecule has 2 aromatic rings. The fourth-order valence-corrected chi connectivity index (χ4v) is 4.77. The fraction of sp³-hybridized carbons (Fsp3) is 0.444. The number of hydrogen-bond donors (Lipinski definition) is 3. The molecule has 0 fully saturated rings. The van der Waals surface area contributed by atoms with E-state index in [1.54, 1.807) is 17.8 Å². The maximum absolute atomic E-state index is 10.8. The zero-order chi connectivity index (χ0) is 22.1. The third-order valence-corrected chi connectivity index (χ3v) is 6.40. The van der Waals surface area contributed by atoms with Gasteiger partial charge in [0, 0.05) is 39.9 Å². The van der Waals surface area contributed by atoms with Crippen LogP contribution >= 0.6 is 50.6 Å². The molecule has 0 spiro atoms. The van der Waals surface area contributed by atoms with Gasteiger partial charge in [0.15, 0.2) is 0 Å². The number of nitrogens with zero attached hydrogens (tertiary/aromatic N) is 3. The smallest absolute Gasteiger partial charge is 0.142 e. The second-order valence-corrected chi connectivity index (χ2v) is 9.59. The highest BCUT2D eigenvalue weighted by Gasteiger charge is 2.25. The second kappa shape index (κ2) is 12.8. The maximum atomic E-state index is 10.8. The van der Waals surface area contributed by atoms with Crippen molar-refractivity contribution in [3.63, 3.8) is 0 Å². The summed E-state index contributed by atoms with van der Waals surface area (Å²) in [5.74, 6) is 6.04. The van der Waals surface area contributed by atoms with Gasteiger partial charge < -0.3 is 25.3 Å². The summed E-state index contributed by atoms with van der Waals surface area (Å²) in [6.07, 6.45) is 3.75. The molecule has 3 atom stereocenters. The third kappa shape index (κ3) is 8.67. The molecule has 0 aromatic carbocycles. The quantitative estimate of drug-likeness (QED) is 0.162. The van der Waals surface area contributed by atoms with E-state index in [1.807, 2.05) is 19.9 Å². The molecule has 0 bridgehead atoms. The van der Waals surface area contributed by atoms with Gasteiger partial charge in [0.2, 0.25) is 0 Å². The van der Waals surface area contributed by atoms with E-state index in [0.29, 0.717) is 29.1 Å². The van der Waals surface area contributed by atoms with Gasteiger partial charge in [0.05, 0.1) is 25.0 Å². The number of thiazole rings is 1. The highest BCUT2D eigenvalue weighted by molar-refractivity contribution is 9.10. The molecule has 12 heteroatoms. The minimum absolute atomic E-state index is 0.0836. The first kappa shape index (κ1) is 25.3. The Balaban J connectivity index is 2.06. The summed E-state index contributed by atoms with van der Waals surface area (Å²) >= 11 is 11.9. The molecule has 30 heavy (non-hydrogen) atoms. The number of aliphatic hydroxyl groups is 1. The molecule has 0 aliphatic heterocycles. The van der Waals surface area contributed by atoms with E-state index >= 15 is 0 Å². The molecule has 0 saturated carbocycles. The van der Waals surface area contributed by atoms with Crippen molar-refractivity contribution in [2.24, 2.45) is 11.6 Å². The van der Waals surface area contributed by atoms with Crippen LogP contribution in [-0.2, 0) is 9.47 Å². The van der Waals surface area contributed by atoms with E-state index < -0.39 is 11.5 Å². The van der Waals surface area contributed by atoms with E-state index in [9.17, 15) is 5.11 Å². The van der Waals surface area contributed by atoms with Crippen molar-refractivity contribution in [1.29, 1.82) is 0 Å². The molecule has 0 saturated heterocycles. The number of ether oxygens (including phenoxy) is 2. The molecule has 2 aromatic heterocycles. The van der Waals surface area contributed by atoms with Gasteiger partial charge in [0.1, 0.15) is 21.7 Å². The summed E-state index contributed by atoms with van der Waals surface area (Å²) in [5, 5.41) is 14.7. The van der Waals surface area contributed by atoms with Crippen LogP contribution in [0.25, 0.3) is 5.70 Å². The van der Waals surface area contributed by atoms with Crippen molar-refractivity contribution in [1.82, 2.24) is 15.0 Å². The van der Waals surface area contributed by atoms with Gasteiger partial charge in [-0.25, -0.2) is 10.8 Å². The molecular formula is C18H25BrClN5O3S2. The lowest BCUT2D eigenvalue weighted by Gasteiger charge is -2.28. The van der Waals surface area contributed by atoms with Crippen LogP contribution in [0.4, 0.5) is 0 Å². The molecule has 0 amide bonds. The van der Waals surface area contributed by atoms with E-state index in [1.165, 1.54) is 34.3 Å². The lowest BCUT2D eigenvalue weighted by molar-refractivity contribution is -0.0594. The molecule has 166 valence electrons. The zero-order valence-corrected chi connectivity index (χ0v) is 20.5. The number of rotatable bonds is 12. The number of hydrazine groups is 1. The van der Waals surface area contributed by atoms with Crippen molar-refractivity contribution >= 4 is 56.3 Å². The fourth-order valence-electron chi connectivity index (χ4n) is 2.32. The van der Waals surface area contributed by atoms with Crippen LogP contribution < -0.4 is 11.6 Å². The first-order chi connectivity index (χ1) is 14.3. The first-order valence-electron chi connectivity index (χ1n) is 9.07. The Hall–Kier alpha value is -0.920. The minimum Gasteiger partial charge on any atom is -0.395 e. The van der Waals surface area contributed by atoms with Gasteiger partial charge in [-0.05, 0) is 35.8 Å². The SMILES string of the molecule is CCOCC(C)OC(Sc1cncc(Br)c1)[C@@H](O)CN(N)/C=C(\N)c1nc(Cl)cs1. The van der Waals surface area contributed by atoms with Gasteiger partial charge in [0.25, 0.3) is 0 Å². The highest BCUT2D eigenvalue weighted by Crippen LogP contribution is 2.29.